The van der Waals surface area contributed by atoms with Crippen LogP contribution in [0.5, 0.6) is 0 Å². The lowest BCUT2D eigenvalue weighted by Gasteiger charge is -2.00. The number of hydrogen-bond acceptors (Lipinski definition) is 4. The highest BCUT2D eigenvalue weighted by molar-refractivity contribution is 7.98. The van der Waals surface area contributed by atoms with Gasteiger partial charge < -0.3 is 5.11 Å². The second kappa shape index (κ2) is 5.67. The van der Waals surface area contributed by atoms with Crippen LogP contribution in [0, 0.1) is 15.9 Å². The quantitative estimate of drug-likeness (QED) is 0.478. The number of benzene rings is 1. The Hall–Kier alpha value is -1.14. The number of rotatable bonds is 5. The summed E-state index contributed by atoms with van der Waals surface area (Å²) in [6.45, 7) is 0.0437. The molecule has 0 aromatic heterocycles. The first-order chi connectivity index (χ1) is 7.13. The van der Waals surface area contributed by atoms with Crippen molar-refractivity contribution in [3.63, 3.8) is 0 Å². The Labute approximate surface area is 90.3 Å². The van der Waals surface area contributed by atoms with E-state index in [4.69, 9.17) is 5.11 Å². The molecule has 0 spiro atoms. The highest BCUT2D eigenvalue weighted by atomic mass is 32.2. The average Bonchev–Trinajstić information content (AvgIpc) is 2.17. The molecule has 0 aliphatic heterocycles. The summed E-state index contributed by atoms with van der Waals surface area (Å²) in [6.07, 6.45) is 0. The molecule has 15 heavy (non-hydrogen) atoms. The Bertz CT molecular complexity index is 359. The van der Waals surface area contributed by atoms with Gasteiger partial charge >= 0.3 is 0 Å². The number of thioether (sulfide) groups is 1. The Balaban J connectivity index is 2.75. The van der Waals surface area contributed by atoms with Crippen molar-refractivity contribution in [1.29, 1.82) is 0 Å². The third-order valence-electron chi connectivity index (χ3n) is 1.66. The fourth-order valence-corrected chi connectivity index (χ4v) is 1.75. The lowest BCUT2D eigenvalue weighted by Crippen LogP contribution is -1.93. The number of halogens is 1. The summed E-state index contributed by atoms with van der Waals surface area (Å²) < 4.78 is 12.9. The molecular weight excluding hydrogens is 221 g/mol. The number of nitro groups is 1. The molecule has 0 saturated carbocycles. The van der Waals surface area contributed by atoms with Crippen molar-refractivity contribution in [2.24, 2.45) is 0 Å². The third-order valence-corrected chi connectivity index (χ3v) is 2.67. The largest absolute Gasteiger partial charge is 0.396 e. The van der Waals surface area contributed by atoms with Gasteiger partial charge in [0.25, 0.3) is 5.69 Å². The van der Waals surface area contributed by atoms with Gasteiger partial charge in [0.05, 0.1) is 17.6 Å². The number of hydrogen-bond donors (Lipinski definition) is 1. The van der Waals surface area contributed by atoms with E-state index >= 15 is 0 Å². The van der Waals surface area contributed by atoms with Gasteiger partial charge in [0.1, 0.15) is 5.82 Å². The Morgan fingerprint density at radius 3 is 2.80 bits per heavy atom. The van der Waals surface area contributed by atoms with E-state index in [0.717, 1.165) is 6.07 Å². The van der Waals surface area contributed by atoms with Gasteiger partial charge in [-0.2, -0.15) is 11.8 Å². The van der Waals surface area contributed by atoms with Gasteiger partial charge in [-0.05, 0) is 11.6 Å². The molecule has 0 radical (unpaired) electrons. The second-order valence-electron chi connectivity index (χ2n) is 2.85. The molecule has 0 atom stereocenters. The van der Waals surface area contributed by atoms with E-state index in [0.29, 0.717) is 17.1 Å². The summed E-state index contributed by atoms with van der Waals surface area (Å²) in [4.78, 5) is 9.81. The van der Waals surface area contributed by atoms with Crippen LogP contribution < -0.4 is 0 Å². The molecule has 0 aliphatic rings. The number of aliphatic hydroxyl groups excluding tert-OH is 1. The molecule has 1 aromatic carbocycles. The van der Waals surface area contributed by atoms with E-state index in [-0.39, 0.29) is 12.3 Å². The summed E-state index contributed by atoms with van der Waals surface area (Å²) in [5.74, 6) is 0.382. The zero-order valence-electron chi connectivity index (χ0n) is 7.85. The Morgan fingerprint density at radius 2 is 2.20 bits per heavy atom. The van der Waals surface area contributed by atoms with Crippen molar-refractivity contribution >= 4 is 17.4 Å². The normalized spacial score (nSPS) is 10.3. The maximum atomic E-state index is 12.9. The summed E-state index contributed by atoms with van der Waals surface area (Å²) in [7, 11) is 0. The van der Waals surface area contributed by atoms with Gasteiger partial charge in [-0.1, -0.05) is 0 Å². The molecule has 0 bridgehead atoms. The van der Waals surface area contributed by atoms with Crippen LogP contribution in [0.3, 0.4) is 0 Å². The first kappa shape index (κ1) is 11.9. The summed E-state index contributed by atoms with van der Waals surface area (Å²) in [5.41, 5.74) is 0.315. The highest BCUT2D eigenvalue weighted by Gasteiger charge is 2.09. The molecule has 0 unspecified atom stereocenters. The fraction of sp³-hybridized carbons (Fsp3) is 0.333. The van der Waals surface area contributed by atoms with Crippen LogP contribution in [-0.2, 0) is 5.75 Å². The average molecular weight is 231 g/mol. The minimum absolute atomic E-state index is 0.0437. The predicted octanol–water partition coefficient (Wildman–Crippen LogP) is 1.96. The molecule has 0 heterocycles. The Kier molecular flexibility index (Phi) is 4.51. The van der Waals surface area contributed by atoms with Crippen LogP contribution in [0.1, 0.15) is 5.56 Å². The maximum Gasteiger partial charge on any atom is 0.272 e. The SMILES string of the molecule is O=[N+]([O-])c1cc(F)cc(CSCCO)c1. The zero-order chi connectivity index (χ0) is 11.3. The molecule has 0 aliphatic carbocycles. The van der Waals surface area contributed by atoms with E-state index in [2.05, 4.69) is 0 Å². The number of nitrogens with zero attached hydrogens (tertiary/aromatic N) is 1. The number of aliphatic hydroxyl groups is 1. The monoisotopic (exact) mass is 231 g/mol. The van der Waals surface area contributed by atoms with Crippen LogP contribution in [0.2, 0.25) is 0 Å². The topological polar surface area (TPSA) is 63.4 Å². The molecule has 0 saturated heterocycles. The van der Waals surface area contributed by atoms with Crippen molar-refractivity contribution < 1.29 is 14.4 Å². The molecule has 1 aromatic rings. The molecule has 82 valence electrons. The van der Waals surface area contributed by atoms with Crippen LogP contribution in [0.15, 0.2) is 18.2 Å². The molecule has 6 heteroatoms. The van der Waals surface area contributed by atoms with Crippen LogP contribution in [0.25, 0.3) is 0 Å². The maximum absolute atomic E-state index is 12.9. The standard InChI is InChI=1S/C9H10FNO3S/c10-8-3-7(6-15-2-1-12)4-9(5-8)11(13)14/h3-5,12H,1-2,6H2. The summed E-state index contributed by atoms with van der Waals surface area (Å²) in [6, 6.07) is 3.49. The van der Waals surface area contributed by atoms with Gasteiger partial charge in [-0.3, -0.25) is 10.1 Å². The van der Waals surface area contributed by atoms with Crippen LogP contribution in [-0.4, -0.2) is 22.4 Å². The van der Waals surface area contributed by atoms with Gasteiger partial charge in [-0.15, -0.1) is 0 Å². The van der Waals surface area contributed by atoms with E-state index in [1.807, 2.05) is 0 Å². The summed E-state index contributed by atoms with van der Waals surface area (Å²) in [5, 5.41) is 19.0. The molecule has 0 amide bonds. The van der Waals surface area contributed by atoms with Gasteiger partial charge in [0.15, 0.2) is 0 Å². The Morgan fingerprint density at radius 1 is 1.47 bits per heavy atom. The van der Waals surface area contributed by atoms with Gasteiger partial charge in [-0.25, -0.2) is 4.39 Å². The van der Waals surface area contributed by atoms with E-state index in [1.165, 1.54) is 23.9 Å². The molecule has 4 nitrogen and oxygen atoms in total. The van der Waals surface area contributed by atoms with E-state index in [1.54, 1.807) is 0 Å². The van der Waals surface area contributed by atoms with Crippen LogP contribution >= 0.6 is 11.8 Å². The minimum atomic E-state index is -0.622. The molecule has 1 rings (SSSR count). The summed E-state index contributed by atoms with van der Waals surface area (Å²) >= 11 is 1.40. The zero-order valence-corrected chi connectivity index (χ0v) is 8.67. The van der Waals surface area contributed by atoms with E-state index < -0.39 is 10.7 Å². The number of non-ortho nitro benzene ring substituents is 1. The van der Waals surface area contributed by atoms with Crippen molar-refractivity contribution in [2.45, 2.75) is 5.75 Å². The highest BCUT2D eigenvalue weighted by Crippen LogP contribution is 2.19. The lowest BCUT2D eigenvalue weighted by atomic mass is 10.2. The van der Waals surface area contributed by atoms with Crippen molar-refractivity contribution in [2.75, 3.05) is 12.4 Å². The van der Waals surface area contributed by atoms with Crippen LogP contribution in [0.4, 0.5) is 10.1 Å². The first-order valence-corrected chi connectivity index (χ1v) is 5.41. The van der Waals surface area contributed by atoms with Gasteiger partial charge in [0, 0.05) is 17.6 Å². The van der Waals surface area contributed by atoms with Crippen molar-refractivity contribution in [3.05, 3.63) is 39.7 Å². The fourth-order valence-electron chi connectivity index (χ4n) is 1.08. The molecule has 0 fully saturated rings. The smallest absolute Gasteiger partial charge is 0.272 e. The first-order valence-electron chi connectivity index (χ1n) is 4.26. The molecular formula is C9H10FNO3S. The number of nitro benzene ring substituents is 1. The van der Waals surface area contributed by atoms with Crippen molar-refractivity contribution in [1.82, 2.24) is 0 Å². The van der Waals surface area contributed by atoms with Gasteiger partial charge in [0.2, 0.25) is 0 Å². The predicted molar refractivity (Wildman–Crippen MR) is 56.3 cm³/mol. The lowest BCUT2D eigenvalue weighted by molar-refractivity contribution is -0.385. The second-order valence-corrected chi connectivity index (χ2v) is 3.96. The van der Waals surface area contributed by atoms with Crippen molar-refractivity contribution in [3.8, 4) is 0 Å². The minimum Gasteiger partial charge on any atom is -0.396 e. The van der Waals surface area contributed by atoms with E-state index in [9.17, 15) is 14.5 Å². The third kappa shape index (κ3) is 3.85. The molecule has 1 N–H and O–H groups in total.